The van der Waals surface area contributed by atoms with Crippen LogP contribution in [0.15, 0.2) is 42.7 Å². The smallest absolute Gasteiger partial charge is 0.173 e. The van der Waals surface area contributed by atoms with E-state index in [0.717, 1.165) is 38.5 Å². The molecule has 0 saturated carbocycles. The Morgan fingerprint density at radius 1 is 0.583 bits per heavy atom. The first kappa shape index (κ1) is 44.9. The zero-order valence-corrected chi connectivity index (χ0v) is 34.4. The van der Waals surface area contributed by atoms with Crippen LogP contribution < -0.4 is 33.3 Å². The molecule has 0 saturated heterocycles. The highest BCUT2D eigenvalue weighted by atomic mass is 127. The molecule has 1 heterocycles. The third kappa shape index (κ3) is 23.3. The lowest BCUT2D eigenvalue weighted by Gasteiger charge is -2.23. The molecule has 276 valence electrons. The van der Waals surface area contributed by atoms with Crippen molar-refractivity contribution in [2.24, 2.45) is 0 Å². The van der Waals surface area contributed by atoms with Gasteiger partial charge in [0, 0.05) is 24.7 Å². The van der Waals surface area contributed by atoms with Crippen molar-refractivity contribution in [3.8, 4) is 5.75 Å². The van der Waals surface area contributed by atoms with E-state index in [9.17, 15) is 0 Å². The quantitative estimate of drug-likeness (QED) is 0.0418. The first-order valence-corrected chi connectivity index (χ1v) is 20.6. The molecule has 3 nitrogen and oxygen atoms in total. The van der Waals surface area contributed by atoms with Gasteiger partial charge in [0.05, 0.1) is 6.61 Å². The molecule has 1 aromatic heterocycles. The molecule has 0 spiro atoms. The molecule has 2 rings (SSSR count). The van der Waals surface area contributed by atoms with Crippen LogP contribution in [0.1, 0.15) is 192 Å². The summed E-state index contributed by atoms with van der Waals surface area (Å²) in [4.78, 5) is 2.67. The van der Waals surface area contributed by atoms with E-state index in [0.29, 0.717) is 0 Å². The minimum absolute atomic E-state index is 0. The largest absolute Gasteiger partial charge is 1.00 e. The second-order valence-corrected chi connectivity index (χ2v) is 14.5. The van der Waals surface area contributed by atoms with Crippen molar-refractivity contribution in [3.63, 3.8) is 0 Å². The van der Waals surface area contributed by atoms with Crippen LogP contribution in [-0.2, 0) is 19.6 Å². The van der Waals surface area contributed by atoms with Crippen LogP contribution in [0.3, 0.4) is 0 Å². The number of hydrogen-bond donors (Lipinski definition) is 0. The summed E-state index contributed by atoms with van der Waals surface area (Å²) in [7, 11) is 0. The molecule has 4 heteroatoms. The minimum Gasteiger partial charge on any atom is -1.00 e. The van der Waals surface area contributed by atoms with Gasteiger partial charge in [-0.2, -0.15) is 0 Å². The van der Waals surface area contributed by atoms with Gasteiger partial charge in [0.25, 0.3) is 0 Å². The second kappa shape index (κ2) is 31.8. The number of halogens is 1. The monoisotopic (exact) mass is 777 g/mol. The van der Waals surface area contributed by atoms with E-state index in [4.69, 9.17) is 4.74 Å². The Kier molecular flexibility index (Phi) is 29.7. The SMILES string of the molecule is CCCCCCCCCCCCCCCCN(Cc1ccc[n+](CC)c1)Cc1ccc(OCCCCCCCCCCCC)cc1C.[I-]. The molecule has 0 radical (unpaired) electrons. The average Bonchev–Trinajstić information content (AvgIpc) is 3.08. The molecule has 0 amide bonds. The van der Waals surface area contributed by atoms with Crippen molar-refractivity contribution in [3.05, 3.63) is 59.4 Å². The number of aryl methyl sites for hydroxylation is 2. The van der Waals surface area contributed by atoms with Crippen LogP contribution in [0, 0.1) is 6.92 Å². The normalized spacial score (nSPS) is 11.3. The Morgan fingerprint density at radius 3 is 1.58 bits per heavy atom. The Hall–Kier alpha value is -1.14. The van der Waals surface area contributed by atoms with E-state index < -0.39 is 0 Å². The molecule has 0 atom stereocenters. The van der Waals surface area contributed by atoms with Crippen LogP contribution in [0.4, 0.5) is 0 Å². The van der Waals surface area contributed by atoms with Crippen molar-refractivity contribution in [2.45, 2.75) is 201 Å². The molecular formula is C44H77IN2O. The summed E-state index contributed by atoms with van der Waals surface area (Å²) in [5, 5.41) is 0. The van der Waals surface area contributed by atoms with Gasteiger partial charge in [-0.1, -0.05) is 161 Å². The Bertz CT molecular complexity index is 996. The number of rotatable bonds is 32. The average molecular weight is 777 g/mol. The fraction of sp³-hybridized carbons (Fsp3) is 0.750. The standard InChI is InChI=1S/C44H77N2O.HI/c1-5-8-10-12-14-16-18-19-20-21-22-24-26-28-34-46(39-42-31-30-35-45(7-3)38-42)40-43-32-33-44(37-41(43)4)47-36-29-27-25-23-17-15-13-11-9-6-2;/h30-33,35,37-38H,5-29,34,36,39-40H2,1-4H3;1H/q+1;/p-1. The molecular weight excluding hydrogens is 699 g/mol. The van der Waals surface area contributed by atoms with Gasteiger partial charge >= 0.3 is 0 Å². The summed E-state index contributed by atoms with van der Waals surface area (Å²) in [6.45, 7) is 14.1. The molecule has 0 fully saturated rings. The van der Waals surface area contributed by atoms with Gasteiger partial charge in [-0.15, -0.1) is 0 Å². The lowest BCUT2D eigenvalue weighted by molar-refractivity contribution is -0.694. The first-order valence-electron chi connectivity index (χ1n) is 20.6. The number of hydrogen-bond acceptors (Lipinski definition) is 2. The maximum Gasteiger partial charge on any atom is 0.173 e. The minimum atomic E-state index is 0. The van der Waals surface area contributed by atoms with Gasteiger partial charge in [0.2, 0.25) is 0 Å². The van der Waals surface area contributed by atoms with Crippen LogP contribution in [-0.4, -0.2) is 18.1 Å². The third-order valence-electron chi connectivity index (χ3n) is 9.99. The summed E-state index contributed by atoms with van der Waals surface area (Å²) >= 11 is 0. The summed E-state index contributed by atoms with van der Waals surface area (Å²) in [6, 6.07) is 11.3. The molecule has 1 aromatic carbocycles. The van der Waals surface area contributed by atoms with Crippen molar-refractivity contribution in [1.29, 1.82) is 0 Å². The summed E-state index contributed by atoms with van der Waals surface area (Å²) in [5.74, 6) is 1.03. The number of unbranched alkanes of at least 4 members (excludes halogenated alkanes) is 22. The van der Waals surface area contributed by atoms with E-state index in [1.54, 1.807) is 0 Å². The Balaban J connectivity index is 0.0000115. The van der Waals surface area contributed by atoms with Crippen molar-refractivity contribution >= 4 is 0 Å². The number of benzene rings is 1. The fourth-order valence-electron chi connectivity index (χ4n) is 6.82. The molecule has 0 unspecified atom stereocenters. The third-order valence-corrected chi connectivity index (χ3v) is 9.99. The van der Waals surface area contributed by atoms with Crippen molar-refractivity contribution < 1.29 is 33.3 Å². The molecule has 2 aromatic rings. The first-order chi connectivity index (χ1) is 23.2. The highest BCUT2D eigenvalue weighted by Gasteiger charge is 2.12. The molecule has 0 bridgehead atoms. The number of pyridine rings is 1. The number of aromatic nitrogens is 1. The van der Waals surface area contributed by atoms with E-state index in [-0.39, 0.29) is 24.0 Å². The number of nitrogens with zero attached hydrogens (tertiary/aromatic N) is 2. The summed E-state index contributed by atoms with van der Waals surface area (Å²) < 4.78 is 8.48. The van der Waals surface area contributed by atoms with Crippen LogP contribution >= 0.6 is 0 Å². The fourth-order valence-corrected chi connectivity index (χ4v) is 6.82. The molecule has 48 heavy (non-hydrogen) atoms. The topological polar surface area (TPSA) is 16.4 Å². The van der Waals surface area contributed by atoms with E-state index in [1.165, 1.54) is 171 Å². The van der Waals surface area contributed by atoms with Gasteiger partial charge in [0.1, 0.15) is 12.3 Å². The summed E-state index contributed by atoms with van der Waals surface area (Å²) in [5.41, 5.74) is 4.20. The van der Waals surface area contributed by atoms with Gasteiger partial charge in [0.15, 0.2) is 12.4 Å². The van der Waals surface area contributed by atoms with Crippen molar-refractivity contribution in [2.75, 3.05) is 13.2 Å². The zero-order chi connectivity index (χ0) is 33.6. The lowest BCUT2D eigenvalue weighted by atomic mass is 10.0. The maximum atomic E-state index is 6.18. The van der Waals surface area contributed by atoms with E-state index in [1.807, 2.05) is 0 Å². The molecule has 0 aliphatic heterocycles. The van der Waals surface area contributed by atoms with Gasteiger partial charge in [-0.05, 0) is 62.6 Å². The second-order valence-electron chi connectivity index (χ2n) is 14.5. The van der Waals surface area contributed by atoms with Crippen LogP contribution in [0.5, 0.6) is 5.75 Å². The van der Waals surface area contributed by atoms with Gasteiger partial charge in [-0.3, -0.25) is 4.90 Å². The molecule has 0 N–H and O–H groups in total. The Labute approximate surface area is 316 Å². The highest BCUT2D eigenvalue weighted by molar-refractivity contribution is 5.34. The van der Waals surface area contributed by atoms with Gasteiger partial charge < -0.3 is 28.7 Å². The predicted octanol–water partition coefficient (Wildman–Crippen LogP) is 10.1. The zero-order valence-electron chi connectivity index (χ0n) is 32.2. The highest BCUT2D eigenvalue weighted by Crippen LogP contribution is 2.21. The molecule has 0 aliphatic rings. The van der Waals surface area contributed by atoms with E-state index in [2.05, 4.69) is 79.9 Å². The van der Waals surface area contributed by atoms with Crippen molar-refractivity contribution in [1.82, 2.24) is 4.90 Å². The maximum absolute atomic E-state index is 6.18. The van der Waals surface area contributed by atoms with Crippen LogP contribution in [0.2, 0.25) is 0 Å². The number of ether oxygens (including phenoxy) is 1. The van der Waals surface area contributed by atoms with Crippen LogP contribution in [0.25, 0.3) is 0 Å². The molecule has 0 aliphatic carbocycles. The Morgan fingerprint density at radius 2 is 1.08 bits per heavy atom. The predicted molar refractivity (Wildman–Crippen MR) is 205 cm³/mol. The lowest BCUT2D eigenvalue weighted by Crippen LogP contribution is -3.00. The van der Waals surface area contributed by atoms with E-state index >= 15 is 0 Å². The van der Waals surface area contributed by atoms with Gasteiger partial charge in [-0.25, -0.2) is 4.57 Å². The summed E-state index contributed by atoms with van der Waals surface area (Å²) in [6.07, 6.45) is 37.9.